The molecule has 5 aromatic rings. The topological polar surface area (TPSA) is 160 Å². The van der Waals surface area contributed by atoms with Gasteiger partial charge in [-0.15, -0.1) is 15.0 Å². The average molecular weight is 510 g/mol. The molecule has 12 heteroatoms. The minimum absolute atomic E-state index is 0.0310. The molecular formula is C26H23N9O3. The van der Waals surface area contributed by atoms with Crippen LogP contribution in [0, 0.1) is 13.8 Å². The fourth-order valence-corrected chi connectivity index (χ4v) is 3.97. The number of phenolic OH excluding ortho intramolecular Hbond substituents is 3. The Morgan fingerprint density at radius 3 is 2.03 bits per heavy atom. The van der Waals surface area contributed by atoms with Crippen molar-refractivity contribution in [2.24, 2.45) is 5.10 Å². The third kappa shape index (κ3) is 5.09. The molecule has 0 saturated carbocycles. The number of aryl methyl sites for hydroxylation is 2. The molecule has 12 nitrogen and oxygen atoms in total. The van der Waals surface area contributed by atoms with Crippen LogP contribution in [-0.4, -0.2) is 62.1 Å². The number of aromatic hydroxyl groups is 3. The van der Waals surface area contributed by atoms with Crippen molar-refractivity contribution in [3.8, 4) is 17.2 Å². The van der Waals surface area contributed by atoms with Crippen molar-refractivity contribution in [3.63, 3.8) is 0 Å². The van der Waals surface area contributed by atoms with Crippen LogP contribution in [-0.2, 0) is 0 Å². The van der Waals surface area contributed by atoms with E-state index in [0.717, 1.165) is 11.1 Å². The Bertz CT molecular complexity index is 1540. The molecule has 2 heterocycles. The summed E-state index contributed by atoms with van der Waals surface area (Å²) in [4.78, 5) is 1.29. The van der Waals surface area contributed by atoms with Gasteiger partial charge in [0.05, 0.1) is 6.21 Å². The van der Waals surface area contributed by atoms with Gasteiger partial charge < -0.3 is 15.3 Å². The van der Waals surface area contributed by atoms with E-state index in [4.69, 9.17) is 0 Å². The Morgan fingerprint density at radius 2 is 1.39 bits per heavy atom. The molecule has 2 aromatic heterocycles. The van der Waals surface area contributed by atoms with Crippen LogP contribution in [0.1, 0.15) is 45.4 Å². The van der Waals surface area contributed by atoms with Crippen molar-refractivity contribution < 1.29 is 15.3 Å². The minimum Gasteiger partial charge on any atom is -0.508 e. The molecule has 3 N–H and O–H groups in total. The standard InChI is InChI=1S/C26H23N9O3/c1-16-28-30-32-34(16)12-11-18-3-9-24(37)22(13-18)26(20-5-7-21(36)8-6-20)23-14-19(4-10-25(23)38)15-27-35-17(2)29-31-33-35/h3-15,26,36-38H,1-2H3/b12-11+,27-15+. The van der Waals surface area contributed by atoms with E-state index >= 15 is 0 Å². The van der Waals surface area contributed by atoms with Crippen molar-refractivity contribution in [2.45, 2.75) is 19.8 Å². The van der Waals surface area contributed by atoms with Gasteiger partial charge in [-0.1, -0.05) is 18.2 Å². The molecule has 1 unspecified atom stereocenters. The van der Waals surface area contributed by atoms with E-state index in [0.29, 0.717) is 28.3 Å². The van der Waals surface area contributed by atoms with E-state index in [1.807, 2.05) is 12.1 Å². The molecule has 0 aliphatic heterocycles. The fourth-order valence-electron chi connectivity index (χ4n) is 3.97. The second kappa shape index (κ2) is 10.3. The van der Waals surface area contributed by atoms with Crippen molar-refractivity contribution in [2.75, 3.05) is 0 Å². The summed E-state index contributed by atoms with van der Waals surface area (Å²) in [5, 5.41) is 58.7. The third-order valence-electron chi connectivity index (χ3n) is 5.94. The smallest absolute Gasteiger partial charge is 0.173 e. The molecule has 0 fully saturated rings. The summed E-state index contributed by atoms with van der Waals surface area (Å²) >= 11 is 0. The van der Waals surface area contributed by atoms with Gasteiger partial charge in [0.25, 0.3) is 0 Å². The van der Waals surface area contributed by atoms with Gasteiger partial charge in [-0.2, -0.15) is 5.10 Å². The third-order valence-corrected chi connectivity index (χ3v) is 5.94. The highest BCUT2D eigenvalue weighted by molar-refractivity contribution is 5.80. The minimum atomic E-state index is -0.582. The first-order chi connectivity index (χ1) is 18.4. The molecule has 1 atom stereocenters. The van der Waals surface area contributed by atoms with Gasteiger partial charge in [-0.3, -0.25) is 0 Å². The highest BCUT2D eigenvalue weighted by atomic mass is 16.3. The van der Waals surface area contributed by atoms with Gasteiger partial charge in [0, 0.05) is 23.2 Å². The van der Waals surface area contributed by atoms with Gasteiger partial charge in [-0.05, 0) is 99.9 Å². The maximum Gasteiger partial charge on any atom is 0.173 e. The Labute approximate surface area is 216 Å². The van der Waals surface area contributed by atoms with E-state index < -0.39 is 5.92 Å². The molecule has 0 spiro atoms. The molecule has 0 amide bonds. The van der Waals surface area contributed by atoms with Crippen LogP contribution in [0.3, 0.4) is 0 Å². The Hall–Kier alpha value is -5.39. The van der Waals surface area contributed by atoms with Gasteiger partial charge in [0.2, 0.25) is 0 Å². The Balaban J connectivity index is 1.60. The summed E-state index contributed by atoms with van der Waals surface area (Å²) in [6.45, 7) is 3.51. The van der Waals surface area contributed by atoms with Gasteiger partial charge >= 0.3 is 0 Å². The lowest BCUT2D eigenvalue weighted by Gasteiger charge is -2.22. The predicted molar refractivity (Wildman–Crippen MR) is 139 cm³/mol. The quantitative estimate of drug-likeness (QED) is 0.221. The number of tetrazole rings is 2. The van der Waals surface area contributed by atoms with Crippen molar-refractivity contribution >= 4 is 18.5 Å². The molecule has 190 valence electrons. The number of rotatable bonds is 7. The summed E-state index contributed by atoms with van der Waals surface area (Å²) in [7, 11) is 0. The van der Waals surface area contributed by atoms with Crippen LogP contribution in [0.2, 0.25) is 0 Å². The van der Waals surface area contributed by atoms with Gasteiger partial charge in [0.15, 0.2) is 11.6 Å². The van der Waals surface area contributed by atoms with Crippen LogP contribution in [0.15, 0.2) is 65.8 Å². The van der Waals surface area contributed by atoms with E-state index in [1.54, 1.807) is 80.9 Å². The van der Waals surface area contributed by atoms with Crippen molar-refractivity contribution in [3.05, 3.63) is 100 Å². The lowest BCUT2D eigenvalue weighted by molar-refractivity contribution is 0.458. The monoisotopic (exact) mass is 509 g/mol. The normalized spacial score (nSPS) is 12.5. The molecule has 0 radical (unpaired) electrons. The highest BCUT2D eigenvalue weighted by Gasteiger charge is 2.23. The molecule has 38 heavy (non-hydrogen) atoms. The summed E-state index contributed by atoms with van der Waals surface area (Å²) in [6, 6.07) is 16.9. The first kappa shape index (κ1) is 24.3. The number of nitrogens with zero attached hydrogens (tertiary/aromatic N) is 9. The van der Waals surface area contributed by atoms with Gasteiger partial charge in [-0.25, -0.2) is 4.68 Å². The van der Waals surface area contributed by atoms with E-state index in [1.165, 1.54) is 9.47 Å². The largest absolute Gasteiger partial charge is 0.508 e. The zero-order valence-electron chi connectivity index (χ0n) is 20.4. The van der Waals surface area contributed by atoms with Crippen LogP contribution in [0.25, 0.3) is 12.3 Å². The summed E-state index contributed by atoms with van der Waals surface area (Å²) in [6.07, 6.45) is 5.11. The highest BCUT2D eigenvalue weighted by Crippen LogP contribution is 2.41. The fraction of sp³-hybridized carbons (Fsp3) is 0.115. The second-order valence-corrected chi connectivity index (χ2v) is 8.51. The van der Waals surface area contributed by atoms with E-state index in [9.17, 15) is 15.3 Å². The molecule has 5 rings (SSSR count). The summed E-state index contributed by atoms with van der Waals surface area (Å²) in [5.41, 5.74) is 3.29. The summed E-state index contributed by atoms with van der Waals surface area (Å²) < 4.78 is 1.53. The zero-order chi connectivity index (χ0) is 26.6. The SMILES string of the molecule is Cc1nnnn1/C=C/c1ccc(O)c(C(c2ccc(O)cc2)c2cc(/C=N/n3nnnc3C)ccc2O)c1. The molecule has 0 aliphatic carbocycles. The lowest BCUT2D eigenvalue weighted by atomic mass is 9.83. The maximum atomic E-state index is 11.0. The number of hydrogen-bond acceptors (Lipinski definition) is 10. The van der Waals surface area contributed by atoms with Crippen LogP contribution >= 0.6 is 0 Å². The molecule has 0 bridgehead atoms. The summed E-state index contributed by atoms with van der Waals surface area (Å²) in [5.74, 6) is 0.746. The molecule has 0 aliphatic rings. The number of phenols is 3. The van der Waals surface area contributed by atoms with Crippen molar-refractivity contribution in [1.82, 2.24) is 40.5 Å². The van der Waals surface area contributed by atoms with Crippen LogP contribution in [0.5, 0.6) is 17.2 Å². The first-order valence-corrected chi connectivity index (χ1v) is 11.6. The van der Waals surface area contributed by atoms with Crippen molar-refractivity contribution in [1.29, 1.82) is 0 Å². The predicted octanol–water partition coefficient (Wildman–Crippen LogP) is 3.08. The number of benzene rings is 3. The lowest BCUT2D eigenvalue weighted by Crippen LogP contribution is -2.06. The molecule has 3 aromatic carbocycles. The zero-order valence-corrected chi connectivity index (χ0v) is 20.4. The maximum absolute atomic E-state index is 11.0. The Morgan fingerprint density at radius 1 is 0.763 bits per heavy atom. The number of aromatic nitrogens is 8. The Kier molecular flexibility index (Phi) is 6.59. The van der Waals surface area contributed by atoms with E-state index in [-0.39, 0.29) is 17.2 Å². The molecule has 0 saturated heterocycles. The van der Waals surface area contributed by atoms with Crippen LogP contribution in [0.4, 0.5) is 0 Å². The van der Waals surface area contributed by atoms with Gasteiger partial charge in [0.1, 0.15) is 17.2 Å². The second-order valence-electron chi connectivity index (χ2n) is 8.51. The average Bonchev–Trinajstić information content (AvgIpc) is 3.52. The van der Waals surface area contributed by atoms with E-state index in [2.05, 4.69) is 36.2 Å². The number of hydrogen-bond donors (Lipinski definition) is 3. The van der Waals surface area contributed by atoms with Crippen LogP contribution < -0.4 is 0 Å². The first-order valence-electron chi connectivity index (χ1n) is 11.6. The molecular weight excluding hydrogens is 486 g/mol.